The van der Waals surface area contributed by atoms with Crippen LogP contribution in [-0.4, -0.2) is 6.29 Å². The van der Waals surface area contributed by atoms with E-state index in [1.54, 1.807) is 12.1 Å². The monoisotopic (exact) mass is 170 g/mol. The molecule has 0 bridgehead atoms. The van der Waals surface area contributed by atoms with Gasteiger partial charge in [-0.05, 0) is 17.5 Å². The molecule has 0 heterocycles. The summed E-state index contributed by atoms with van der Waals surface area (Å²) in [6.45, 7) is 0. The van der Waals surface area contributed by atoms with Gasteiger partial charge >= 0.3 is 0 Å². The van der Waals surface area contributed by atoms with Crippen LogP contribution in [0.25, 0.3) is 10.8 Å². The first-order chi connectivity index (χ1) is 6.31. The minimum absolute atomic E-state index is 0.496. The molecule has 0 aliphatic rings. The fourth-order valence-electron chi connectivity index (χ4n) is 1.40. The maximum absolute atomic E-state index is 10.4. The van der Waals surface area contributed by atoms with E-state index >= 15 is 0 Å². The molecular weight excluding hydrogens is 162 g/mol. The molecule has 0 aliphatic heterocycles. The van der Waals surface area contributed by atoms with Crippen molar-refractivity contribution in [3.8, 4) is 0 Å². The molecule has 0 spiro atoms. The Labute approximate surface area is 76.0 Å². The van der Waals surface area contributed by atoms with Gasteiger partial charge in [-0.25, -0.2) is 0 Å². The smallest absolute Gasteiger partial charge is 0.233 e. The van der Waals surface area contributed by atoms with Gasteiger partial charge in [-0.1, -0.05) is 24.3 Å². The van der Waals surface area contributed by atoms with Gasteiger partial charge in [0.15, 0.2) is 0 Å². The van der Waals surface area contributed by atoms with Crippen LogP contribution in [0.15, 0.2) is 36.4 Å². The van der Waals surface area contributed by atoms with Crippen LogP contribution in [0.3, 0.4) is 0 Å². The third-order valence-electron chi connectivity index (χ3n) is 2.01. The van der Waals surface area contributed by atoms with Crippen molar-refractivity contribution in [1.82, 2.24) is 0 Å². The molecule has 13 heavy (non-hydrogen) atoms. The Morgan fingerprint density at radius 3 is 2.69 bits per heavy atom. The molecule has 2 aromatic carbocycles. The molecule has 2 heteroatoms. The van der Waals surface area contributed by atoms with Crippen LogP contribution in [0.2, 0.25) is 0 Å². The van der Waals surface area contributed by atoms with Crippen LogP contribution in [-0.2, 0) is 4.79 Å². The Morgan fingerprint density at radius 2 is 1.92 bits per heavy atom. The van der Waals surface area contributed by atoms with Crippen LogP contribution >= 0.6 is 0 Å². The fourth-order valence-corrected chi connectivity index (χ4v) is 1.40. The first-order valence-corrected chi connectivity index (χ1v) is 3.97. The normalized spacial score (nSPS) is 10.2. The molecule has 0 aromatic heterocycles. The van der Waals surface area contributed by atoms with Crippen molar-refractivity contribution in [3.05, 3.63) is 42.0 Å². The van der Waals surface area contributed by atoms with Crippen LogP contribution in [0.1, 0.15) is 5.56 Å². The number of fused-ring (bicyclic) bond motifs is 1. The van der Waals surface area contributed by atoms with Gasteiger partial charge in [-0.2, -0.15) is 0 Å². The van der Waals surface area contributed by atoms with Crippen molar-refractivity contribution >= 4 is 22.7 Å². The van der Waals surface area contributed by atoms with E-state index < -0.39 is 0 Å². The predicted octanol–water partition coefficient (Wildman–Crippen LogP) is 1.88. The second-order valence-corrected chi connectivity index (χ2v) is 2.89. The zero-order chi connectivity index (χ0) is 9.26. The Kier molecular flexibility index (Phi) is 1.74. The highest BCUT2D eigenvalue weighted by molar-refractivity contribution is 5.97. The van der Waals surface area contributed by atoms with E-state index in [4.69, 9.17) is 5.73 Å². The van der Waals surface area contributed by atoms with Crippen molar-refractivity contribution < 1.29 is 4.79 Å². The summed E-state index contributed by atoms with van der Waals surface area (Å²) in [5, 5.41) is 1.95. The lowest BCUT2D eigenvalue weighted by Crippen LogP contribution is -1.90. The van der Waals surface area contributed by atoms with E-state index in [1.807, 2.05) is 30.6 Å². The highest BCUT2D eigenvalue weighted by Gasteiger charge is 1.99. The summed E-state index contributed by atoms with van der Waals surface area (Å²) in [4.78, 5) is 10.4. The number of hydrogen-bond acceptors (Lipinski definition) is 2. The maximum atomic E-state index is 10.4. The van der Waals surface area contributed by atoms with Gasteiger partial charge in [0, 0.05) is 16.6 Å². The van der Waals surface area contributed by atoms with Gasteiger partial charge in [-0.3, -0.25) is 4.79 Å². The third kappa shape index (κ3) is 1.26. The fraction of sp³-hybridized carbons (Fsp3) is 0. The quantitative estimate of drug-likeness (QED) is 0.664. The molecule has 0 amide bonds. The molecule has 2 aromatic rings. The first-order valence-electron chi connectivity index (χ1n) is 3.97. The van der Waals surface area contributed by atoms with E-state index in [0.29, 0.717) is 11.3 Å². The van der Waals surface area contributed by atoms with Crippen LogP contribution in [0.4, 0.5) is 5.69 Å². The minimum atomic E-state index is 0.496. The summed E-state index contributed by atoms with van der Waals surface area (Å²) in [5.41, 5.74) is 6.87. The number of benzene rings is 2. The number of anilines is 1. The molecule has 0 unspecified atom stereocenters. The van der Waals surface area contributed by atoms with Crippen LogP contribution < -0.4 is 5.73 Å². The largest absolute Gasteiger partial charge is 0.398 e. The van der Waals surface area contributed by atoms with Crippen molar-refractivity contribution in [2.24, 2.45) is 0 Å². The summed E-state index contributed by atoms with van der Waals surface area (Å²) >= 11 is 0. The van der Waals surface area contributed by atoms with E-state index in [-0.39, 0.29) is 0 Å². The van der Waals surface area contributed by atoms with Crippen molar-refractivity contribution in [1.29, 1.82) is 0 Å². The first kappa shape index (κ1) is 7.80. The molecule has 0 saturated carbocycles. The average molecular weight is 170 g/mol. The van der Waals surface area contributed by atoms with Gasteiger partial charge in [0.1, 0.15) is 0 Å². The highest BCUT2D eigenvalue weighted by atomic mass is 16.1. The van der Waals surface area contributed by atoms with Crippen molar-refractivity contribution in [2.45, 2.75) is 0 Å². The van der Waals surface area contributed by atoms with E-state index in [0.717, 1.165) is 10.8 Å². The Hall–Kier alpha value is -1.83. The number of nitrogens with two attached hydrogens (primary N) is 1. The molecule has 2 rings (SSSR count). The minimum Gasteiger partial charge on any atom is -0.398 e. The predicted molar refractivity (Wildman–Crippen MR) is 53.2 cm³/mol. The molecule has 2 nitrogen and oxygen atoms in total. The molecular formula is C11H8NO. The molecule has 0 fully saturated rings. The second kappa shape index (κ2) is 2.90. The summed E-state index contributed by atoms with van der Waals surface area (Å²) in [6.07, 6.45) is 1.83. The number of carbonyl (C=O) groups excluding carboxylic acids is 1. The summed E-state index contributed by atoms with van der Waals surface area (Å²) in [7, 11) is 0. The lowest BCUT2D eigenvalue weighted by molar-refractivity contribution is 0.563. The standard InChI is InChI=1S/C11H8NO/c12-11-6-8(7-13)5-9-3-1-2-4-10(9)11/h1-6H,12H2. The van der Waals surface area contributed by atoms with Gasteiger partial charge in [0.05, 0.1) is 0 Å². The van der Waals surface area contributed by atoms with Gasteiger partial charge in [0.2, 0.25) is 6.29 Å². The van der Waals surface area contributed by atoms with Gasteiger partial charge in [0.25, 0.3) is 0 Å². The lowest BCUT2D eigenvalue weighted by Gasteiger charge is -2.01. The lowest BCUT2D eigenvalue weighted by atomic mass is 10.1. The molecule has 0 atom stereocenters. The molecule has 1 radical (unpaired) electrons. The van der Waals surface area contributed by atoms with Crippen molar-refractivity contribution in [2.75, 3.05) is 5.73 Å². The molecule has 63 valence electrons. The number of hydrogen-bond donors (Lipinski definition) is 1. The summed E-state index contributed by atoms with van der Waals surface area (Å²) in [5.74, 6) is 0. The highest BCUT2D eigenvalue weighted by Crippen LogP contribution is 2.21. The summed E-state index contributed by atoms with van der Waals surface area (Å²) in [6, 6.07) is 11.1. The molecule has 0 aliphatic carbocycles. The van der Waals surface area contributed by atoms with Gasteiger partial charge in [-0.15, -0.1) is 0 Å². The number of rotatable bonds is 1. The Balaban J connectivity index is 2.84. The average Bonchev–Trinajstić information content (AvgIpc) is 2.18. The second-order valence-electron chi connectivity index (χ2n) is 2.89. The molecule has 0 saturated heterocycles. The van der Waals surface area contributed by atoms with E-state index in [1.165, 1.54) is 0 Å². The van der Waals surface area contributed by atoms with Crippen LogP contribution in [0.5, 0.6) is 0 Å². The number of nitrogen functional groups attached to an aromatic ring is 1. The third-order valence-corrected chi connectivity index (χ3v) is 2.01. The molecule has 2 N–H and O–H groups in total. The SMILES string of the molecule is Nc1cc([C]=O)cc2ccccc12. The van der Waals surface area contributed by atoms with E-state index in [9.17, 15) is 4.79 Å². The van der Waals surface area contributed by atoms with Crippen LogP contribution in [0, 0.1) is 0 Å². The maximum Gasteiger partial charge on any atom is 0.233 e. The van der Waals surface area contributed by atoms with E-state index in [2.05, 4.69) is 0 Å². The Bertz CT molecular complexity index is 463. The zero-order valence-electron chi connectivity index (χ0n) is 6.95. The Morgan fingerprint density at radius 1 is 1.15 bits per heavy atom. The van der Waals surface area contributed by atoms with Gasteiger partial charge < -0.3 is 5.73 Å². The summed E-state index contributed by atoms with van der Waals surface area (Å²) < 4.78 is 0. The van der Waals surface area contributed by atoms with Crippen molar-refractivity contribution in [3.63, 3.8) is 0 Å². The zero-order valence-corrected chi connectivity index (χ0v) is 6.95. The topological polar surface area (TPSA) is 43.1 Å².